The van der Waals surface area contributed by atoms with Crippen molar-refractivity contribution in [2.75, 3.05) is 31.6 Å². The Morgan fingerprint density at radius 1 is 1.04 bits per heavy atom. The fourth-order valence-corrected chi connectivity index (χ4v) is 3.10. The molecular formula is C20H23N3O2. The van der Waals surface area contributed by atoms with Crippen molar-refractivity contribution in [3.63, 3.8) is 0 Å². The number of anilines is 1. The molecule has 5 nitrogen and oxygen atoms in total. The van der Waals surface area contributed by atoms with E-state index in [0.29, 0.717) is 18.7 Å². The number of amides is 2. The maximum Gasteiger partial charge on any atom is 0.251 e. The minimum atomic E-state index is -0.209. The summed E-state index contributed by atoms with van der Waals surface area (Å²) in [5.74, 6) is -0.272. The van der Waals surface area contributed by atoms with Gasteiger partial charge in [-0.15, -0.1) is 0 Å². The van der Waals surface area contributed by atoms with Crippen molar-refractivity contribution < 1.29 is 9.59 Å². The number of likely N-dealkylation sites (N-methyl/N-ethyl adjacent to an activating group) is 1. The highest BCUT2D eigenvalue weighted by atomic mass is 16.2. The number of fused-ring (bicyclic) bond motifs is 1. The summed E-state index contributed by atoms with van der Waals surface area (Å²) >= 11 is 0. The van der Waals surface area contributed by atoms with Crippen molar-refractivity contribution in [2.45, 2.75) is 13.5 Å². The lowest BCUT2D eigenvalue weighted by atomic mass is 10.1. The Kier molecular flexibility index (Phi) is 5.03. The van der Waals surface area contributed by atoms with Crippen molar-refractivity contribution in [3.8, 4) is 0 Å². The Morgan fingerprint density at radius 2 is 1.76 bits per heavy atom. The second-order valence-corrected chi connectivity index (χ2v) is 6.36. The van der Waals surface area contributed by atoms with Crippen molar-refractivity contribution in [3.05, 3.63) is 65.2 Å². The first kappa shape index (κ1) is 17.0. The van der Waals surface area contributed by atoms with Crippen LogP contribution < -0.4 is 10.2 Å². The van der Waals surface area contributed by atoms with Crippen LogP contribution in [-0.4, -0.2) is 43.4 Å². The number of hydrogen-bond donors (Lipinski definition) is 1. The molecule has 130 valence electrons. The molecule has 2 aromatic carbocycles. The molecule has 2 aromatic rings. The van der Waals surface area contributed by atoms with E-state index in [1.54, 1.807) is 11.0 Å². The second-order valence-electron chi connectivity index (χ2n) is 6.36. The first-order valence-corrected chi connectivity index (χ1v) is 8.47. The number of benzene rings is 2. The zero-order valence-corrected chi connectivity index (χ0v) is 14.7. The molecule has 0 radical (unpaired) electrons. The molecule has 0 unspecified atom stereocenters. The second kappa shape index (κ2) is 7.38. The van der Waals surface area contributed by atoms with Gasteiger partial charge in [0.1, 0.15) is 0 Å². The van der Waals surface area contributed by atoms with Gasteiger partial charge in [-0.05, 0) is 30.2 Å². The van der Waals surface area contributed by atoms with Gasteiger partial charge in [-0.3, -0.25) is 9.59 Å². The average molecular weight is 337 g/mol. The molecule has 3 rings (SSSR count). The summed E-state index contributed by atoms with van der Waals surface area (Å²) in [6.45, 7) is 3.88. The van der Waals surface area contributed by atoms with Gasteiger partial charge in [0.05, 0.1) is 6.54 Å². The zero-order valence-electron chi connectivity index (χ0n) is 14.7. The van der Waals surface area contributed by atoms with E-state index in [-0.39, 0.29) is 18.4 Å². The number of aryl methyl sites for hydroxylation is 1. The van der Waals surface area contributed by atoms with E-state index in [1.165, 1.54) is 0 Å². The van der Waals surface area contributed by atoms with Crippen molar-refractivity contribution in [1.82, 2.24) is 10.2 Å². The first-order valence-electron chi connectivity index (χ1n) is 8.47. The molecule has 25 heavy (non-hydrogen) atoms. The molecule has 2 amide bonds. The average Bonchev–Trinajstić information content (AvgIpc) is 2.79. The minimum absolute atomic E-state index is 0.0129. The van der Waals surface area contributed by atoms with E-state index in [2.05, 4.69) is 16.3 Å². The van der Waals surface area contributed by atoms with Crippen LogP contribution >= 0.6 is 0 Å². The van der Waals surface area contributed by atoms with Crippen LogP contribution in [0.3, 0.4) is 0 Å². The highest BCUT2D eigenvalue weighted by Crippen LogP contribution is 2.23. The van der Waals surface area contributed by atoms with E-state index in [4.69, 9.17) is 0 Å². The van der Waals surface area contributed by atoms with Crippen LogP contribution in [0.4, 0.5) is 5.69 Å². The Balaban J connectivity index is 1.64. The predicted octanol–water partition coefficient (Wildman–Crippen LogP) is 2.20. The summed E-state index contributed by atoms with van der Waals surface area (Å²) in [7, 11) is 2.03. The smallest absolute Gasteiger partial charge is 0.251 e. The zero-order chi connectivity index (χ0) is 17.8. The van der Waals surface area contributed by atoms with Gasteiger partial charge >= 0.3 is 0 Å². The molecule has 0 aliphatic carbocycles. The molecule has 0 saturated carbocycles. The largest absolute Gasteiger partial charge is 0.373 e. The van der Waals surface area contributed by atoms with Crippen LogP contribution in [0.25, 0.3) is 0 Å². The fraction of sp³-hybridized carbons (Fsp3) is 0.300. The fourth-order valence-electron chi connectivity index (χ4n) is 3.10. The summed E-state index contributed by atoms with van der Waals surface area (Å²) in [5.41, 5.74) is 3.79. The van der Waals surface area contributed by atoms with Crippen molar-refractivity contribution >= 4 is 17.5 Å². The predicted molar refractivity (Wildman–Crippen MR) is 98.6 cm³/mol. The third kappa shape index (κ3) is 3.82. The maximum atomic E-state index is 12.6. The van der Waals surface area contributed by atoms with E-state index < -0.39 is 0 Å². The number of rotatable bonds is 3. The molecule has 1 aliphatic heterocycles. The molecule has 0 bridgehead atoms. The summed E-state index contributed by atoms with van der Waals surface area (Å²) in [5, 5.41) is 2.75. The summed E-state index contributed by atoms with van der Waals surface area (Å²) in [4.78, 5) is 28.8. The van der Waals surface area contributed by atoms with Crippen LogP contribution in [0.15, 0.2) is 48.5 Å². The molecule has 0 fully saturated rings. The van der Waals surface area contributed by atoms with E-state index in [0.717, 1.165) is 23.4 Å². The van der Waals surface area contributed by atoms with Crippen molar-refractivity contribution in [2.24, 2.45) is 0 Å². The highest BCUT2D eigenvalue weighted by Gasteiger charge is 2.21. The van der Waals surface area contributed by atoms with Crippen molar-refractivity contribution in [1.29, 1.82) is 0 Å². The first-order chi connectivity index (χ1) is 12.1. The van der Waals surface area contributed by atoms with Gasteiger partial charge in [0.15, 0.2) is 0 Å². The Bertz CT molecular complexity index is 788. The Morgan fingerprint density at radius 3 is 2.56 bits per heavy atom. The number of carbonyl (C=O) groups excluding carboxylic acids is 2. The molecule has 1 heterocycles. The van der Waals surface area contributed by atoms with Gasteiger partial charge in [-0.2, -0.15) is 0 Å². The molecule has 0 spiro atoms. The maximum absolute atomic E-state index is 12.6. The topological polar surface area (TPSA) is 52.7 Å². The van der Waals surface area contributed by atoms with Gasteiger partial charge < -0.3 is 15.1 Å². The third-order valence-corrected chi connectivity index (χ3v) is 4.61. The Labute approximate surface area is 148 Å². The minimum Gasteiger partial charge on any atom is -0.373 e. The van der Waals surface area contributed by atoms with Crippen LogP contribution in [-0.2, 0) is 11.3 Å². The molecule has 1 N–H and O–H groups in total. The number of nitrogens with one attached hydrogen (secondary N) is 1. The quantitative estimate of drug-likeness (QED) is 0.934. The molecule has 1 aliphatic rings. The SMILES string of the molecule is Cc1ccccc1C(=O)NCC(=O)N1CCN(C)c2ccccc2C1. The molecule has 0 aromatic heterocycles. The number of nitrogens with zero attached hydrogens (tertiary/aromatic N) is 2. The monoisotopic (exact) mass is 337 g/mol. The normalized spacial score (nSPS) is 13.8. The van der Waals surface area contributed by atoms with E-state index in [9.17, 15) is 9.59 Å². The van der Waals surface area contributed by atoms with E-state index >= 15 is 0 Å². The molecule has 0 saturated heterocycles. The molecular weight excluding hydrogens is 314 g/mol. The number of para-hydroxylation sites is 1. The van der Waals surface area contributed by atoms with Crippen LogP contribution in [0.1, 0.15) is 21.5 Å². The van der Waals surface area contributed by atoms with Gasteiger partial charge in [0.2, 0.25) is 5.91 Å². The number of hydrogen-bond acceptors (Lipinski definition) is 3. The third-order valence-electron chi connectivity index (χ3n) is 4.61. The number of carbonyl (C=O) groups is 2. The van der Waals surface area contributed by atoms with Crippen LogP contribution in [0.2, 0.25) is 0 Å². The lowest BCUT2D eigenvalue weighted by Crippen LogP contribution is -2.41. The lowest BCUT2D eigenvalue weighted by Gasteiger charge is -2.21. The molecule has 0 atom stereocenters. The molecule has 5 heteroatoms. The highest BCUT2D eigenvalue weighted by molar-refractivity contribution is 5.97. The standard InChI is InChI=1S/C20H23N3O2/c1-15-7-3-5-9-17(15)20(25)21-13-19(24)23-12-11-22(2)18-10-6-4-8-16(18)14-23/h3-10H,11-14H2,1-2H3,(H,21,25). The van der Waals surface area contributed by atoms with Crippen LogP contribution in [0, 0.1) is 6.92 Å². The van der Waals surface area contributed by atoms with Crippen LogP contribution in [0.5, 0.6) is 0 Å². The summed E-state index contributed by atoms with van der Waals surface area (Å²) in [6.07, 6.45) is 0. The van der Waals surface area contributed by atoms with Gasteiger partial charge in [0, 0.05) is 37.9 Å². The summed E-state index contributed by atoms with van der Waals surface area (Å²) in [6, 6.07) is 15.5. The van der Waals surface area contributed by atoms with Gasteiger partial charge in [-0.1, -0.05) is 36.4 Å². The Hall–Kier alpha value is -2.82. The lowest BCUT2D eigenvalue weighted by molar-refractivity contribution is -0.130. The summed E-state index contributed by atoms with van der Waals surface area (Å²) < 4.78 is 0. The van der Waals surface area contributed by atoms with Gasteiger partial charge in [0.25, 0.3) is 5.91 Å². The van der Waals surface area contributed by atoms with E-state index in [1.807, 2.05) is 50.4 Å². The van der Waals surface area contributed by atoms with Gasteiger partial charge in [-0.25, -0.2) is 0 Å².